The van der Waals surface area contributed by atoms with Crippen molar-refractivity contribution in [3.63, 3.8) is 0 Å². The van der Waals surface area contributed by atoms with E-state index in [9.17, 15) is 4.79 Å². The molecule has 2 rings (SSSR count). The number of nitrogens with zero attached hydrogens (tertiary/aromatic N) is 2. The van der Waals surface area contributed by atoms with Crippen LogP contribution < -0.4 is 5.32 Å². The minimum absolute atomic E-state index is 0.0883. The number of rotatable bonds is 5. The summed E-state index contributed by atoms with van der Waals surface area (Å²) < 4.78 is 2.37. The summed E-state index contributed by atoms with van der Waals surface area (Å²) in [7, 11) is 0. The summed E-state index contributed by atoms with van der Waals surface area (Å²) in [4.78, 5) is 12.1. The van der Waals surface area contributed by atoms with Gasteiger partial charge in [-0.3, -0.25) is 9.89 Å². The molecule has 0 saturated heterocycles. The van der Waals surface area contributed by atoms with Crippen LogP contribution in [0.15, 0.2) is 24.3 Å². The second-order valence-corrected chi connectivity index (χ2v) is 4.81. The van der Waals surface area contributed by atoms with E-state index in [1.54, 1.807) is 0 Å². The average Bonchev–Trinajstić information content (AvgIpc) is 2.79. The Morgan fingerprint density at radius 2 is 2.15 bits per heavy atom. The van der Waals surface area contributed by atoms with Crippen LogP contribution in [0.5, 0.6) is 0 Å². The SMILES string of the molecule is CCc1ccccc1NC(=O)Cc1n[nH]c(=S)n1CC. The molecule has 0 aliphatic heterocycles. The number of carbonyl (C=O) groups excluding carboxylic acids is 1. The van der Waals surface area contributed by atoms with Crippen molar-refractivity contribution in [1.29, 1.82) is 0 Å². The predicted octanol–water partition coefficient (Wildman–Crippen LogP) is 2.70. The maximum atomic E-state index is 12.1. The molecular formula is C14H18N4OS. The number of H-pyrrole nitrogens is 1. The molecule has 0 aliphatic carbocycles. The molecule has 1 heterocycles. The van der Waals surface area contributed by atoms with Crippen LogP contribution in [0, 0.1) is 4.77 Å². The van der Waals surface area contributed by atoms with Gasteiger partial charge in [0.05, 0.1) is 6.42 Å². The molecule has 1 aromatic carbocycles. The van der Waals surface area contributed by atoms with Crippen LogP contribution in [0.2, 0.25) is 0 Å². The first kappa shape index (κ1) is 14.5. The fourth-order valence-corrected chi connectivity index (χ4v) is 2.38. The van der Waals surface area contributed by atoms with E-state index >= 15 is 0 Å². The van der Waals surface area contributed by atoms with E-state index in [-0.39, 0.29) is 12.3 Å². The Morgan fingerprint density at radius 3 is 2.85 bits per heavy atom. The number of hydrogen-bond acceptors (Lipinski definition) is 3. The topological polar surface area (TPSA) is 62.7 Å². The zero-order valence-corrected chi connectivity index (χ0v) is 12.5. The summed E-state index contributed by atoms with van der Waals surface area (Å²) in [5.74, 6) is 0.568. The molecule has 0 aliphatic rings. The smallest absolute Gasteiger partial charge is 0.232 e. The van der Waals surface area contributed by atoms with Gasteiger partial charge in [0, 0.05) is 12.2 Å². The summed E-state index contributed by atoms with van der Waals surface area (Å²) in [6, 6.07) is 7.80. The van der Waals surface area contributed by atoms with E-state index < -0.39 is 0 Å². The van der Waals surface area contributed by atoms with Gasteiger partial charge >= 0.3 is 0 Å². The second-order valence-electron chi connectivity index (χ2n) is 4.42. The highest BCUT2D eigenvalue weighted by molar-refractivity contribution is 7.71. The fourth-order valence-electron chi connectivity index (χ4n) is 2.10. The number of benzene rings is 1. The van der Waals surface area contributed by atoms with Crippen LogP contribution in [-0.4, -0.2) is 20.7 Å². The molecular weight excluding hydrogens is 272 g/mol. The first-order valence-electron chi connectivity index (χ1n) is 6.67. The lowest BCUT2D eigenvalue weighted by Gasteiger charge is -2.09. The van der Waals surface area contributed by atoms with Crippen molar-refractivity contribution >= 4 is 23.8 Å². The number of para-hydroxylation sites is 1. The Bertz CT molecular complexity index is 659. The van der Waals surface area contributed by atoms with Crippen molar-refractivity contribution in [2.45, 2.75) is 33.2 Å². The van der Waals surface area contributed by atoms with Crippen LogP contribution >= 0.6 is 12.2 Å². The molecule has 106 valence electrons. The van der Waals surface area contributed by atoms with Crippen LogP contribution in [0.25, 0.3) is 0 Å². The van der Waals surface area contributed by atoms with Crippen molar-refractivity contribution in [2.24, 2.45) is 0 Å². The Morgan fingerprint density at radius 1 is 1.40 bits per heavy atom. The number of aromatic amines is 1. The van der Waals surface area contributed by atoms with E-state index in [0.717, 1.165) is 17.7 Å². The van der Waals surface area contributed by atoms with E-state index in [1.807, 2.05) is 35.8 Å². The van der Waals surface area contributed by atoms with Gasteiger partial charge in [-0.2, -0.15) is 5.10 Å². The van der Waals surface area contributed by atoms with Gasteiger partial charge in [-0.15, -0.1) is 0 Å². The molecule has 6 heteroatoms. The van der Waals surface area contributed by atoms with Gasteiger partial charge in [0.15, 0.2) is 4.77 Å². The van der Waals surface area contributed by atoms with Crippen LogP contribution in [0.4, 0.5) is 5.69 Å². The maximum Gasteiger partial charge on any atom is 0.232 e. The lowest BCUT2D eigenvalue weighted by molar-refractivity contribution is -0.115. The van der Waals surface area contributed by atoms with Crippen molar-refractivity contribution in [2.75, 3.05) is 5.32 Å². The van der Waals surface area contributed by atoms with Gasteiger partial charge in [0.25, 0.3) is 0 Å². The largest absolute Gasteiger partial charge is 0.325 e. The Balaban J connectivity index is 2.11. The first-order valence-corrected chi connectivity index (χ1v) is 7.08. The second kappa shape index (κ2) is 6.47. The molecule has 0 spiro atoms. The van der Waals surface area contributed by atoms with Gasteiger partial charge in [0.2, 0.25) is 5.91 Å². The van der Waals surface area contributed by atoms with E-state index in [2.05, 4.69) is 22.4 Å². The number of aryl methyl sites for hydroxylation is 1. The Kier molecular flexibility index (Phi) is 4.68. The number of carbonyl (C=O) groups is 1. The van der Waals surface area contributed by atoms with Gasteiger partial charge in [0.1, 0.15) is 5.82 Å². The number of amides is 1. The average molecular weight is 290 g/mol. The summed E-state index contributed by atoms with van der Waals surface area (Å²) in [5, 5.41) is 9.74. The minimum atomic E-state index is -0.0883. The molecule has 1 amide bonds. The highest BCUT2D eigenvalue weighted by Crippen LogP contribution is 2.15. The quantitative estimate of drug-likeness (QED) is 0.832. The lowest BCUT2D eigenvalue weighted by Crippen LogP contribution is -2.18. The van der Waals surface area contributed by atoms with E-state index in [0.29, 0.717) is 17.1 Å². The highest BCUT2D eigenvalue weighted by atomic mass is 32.1. The summed E-state index contributed by atoms with van der Waals surface area (Å²) in [6.07, 6.45) is 1.09. The van der Waals surface area contributed by atoms with E-state index in [4.69, 9.17) is 12.2 Å². The van der Waals surface area contributed by atoms with Gasteiger partial charge in [-0.05, 0) is 37.2 Å². The van der Waals surface area contributed by atoms with Crippen LogP contribution in [0.1, 0.15) is 25.2 Å². The standard InChI is InChI=1S/C14H18N4OS/c1-3-10-7-5-6-8-11(10)15-13(19)9-12-16-17-14(20)18(12)4-2/h5-8H,3-4,9H2,1-2H3,(H,15,19)(H,17,20). The van der Waals surface area contributed by atoms with Gasteiger partial charge in [-0.25, -0.2) is 0 Å². The van der Waals surface area contributed by atoms with Gasteiger partial charge in [-0.1, -0.05) is 25.1 Å². The molecule has 5 nitrogen and oxygen atoms in total. The van der Waals surface area contributed by atoms with Crippen molar-refractivity contribution < 1.29 is 4.79 Å². The molecule has 2 aromatic rings. The normalized spacial score (nSPS) is 10.5. The molecule has 0 saturated carbocycles. The van der Waals surface area contributed by atoms with Crippen molar-refractivity contribution in [3.8, 4) is 0 Å². The van der Waals surface area contributed by atoms with Crippen molar-refractivity contribution in [1.82, 2.24) is 14.8 Å². The van der Waals surface area contributed by atoms with Crippen LogP contribution in [-0.2, 0) is 24.2 Å². The van der Waals surface area contributed by atoms with Gasteiger partial charge < -0.3 is 9.88 Å². The highest BCUT2D eigenvalue weighted by Gasteiger charge is 2.11. The zero-order chi connectivity index (χ0) is 14.5. The third-order valence-electron chi connectivity index (χ3n) is 3.14. The zero-order valence-electron chi connectivity index (χ0n) is 11.6. The monoisotopic (exact) mass is 290 g/mol. The number of nitrogens with one attached hydrogen (secondary N) is 2. The number of hydrogen-bond donors (Lipinski definition) is 2. The maximum absolute atomic E-state index is 12.1. The Hall–Kier alpha value is -1.95. The summed E-state index contributed by atoms with van der Waals surface area (Å²) in [5.41, 5.74) is 1.98. The molecule has 0 fully saturated rings. The molecule has 2 N–H and O–H groups in total. The van der Waals surface area contributed by atoms with Crippen LogP contribution in [0.3, 0.4) is 0 Å². The predicted molar refractivity (Wildman–Crippen MR) is 81.2 cm³/mol. The minimum Gasteiger partial charge on any atom is -0.325 e. The molecule has 0 atom stereocenters. The van der Waals surface area contributed by atoms with Crippen molar-refractivity contribution in [3.05, 3.63) is 40.4 Å². The third-order valence-corrected chi connectivity index (χ3v) is 3.46. The molecule has 0 bridgehead atoms. The summed E-state index contributed by atoms with van der Waals surface area (Å²) in [6.45, 7) is 4.73. The number of anilines is 1. The Labute approximate surface area is 123 Å². The summed E-state index contributed by atoms with van der Waals surface area (Å²) >= 11 is 5.11. The molecule has 1 aromatic heterocycles. The number of aromatic nitrogens is 3. The molecule has 0 unspecified atom stereocenters. The van der Waals surface area contributed by atoms with E-state index in [1.165, 1.54) is 0 Å². The third kappa shape index (κ3) is 3.14. The molecule has 20 heavy (non-hydrogen) atoms. The lowest BCUT2D eigenvalue weighted by atomic mass is 10.1. The fraction of sp³-hybridized carbons (Fsp3) is 0.357. The first-order chi connectivity index (χ1) is 9.65. The molecule has 0 radical (unpaired) electrons.